The van der Waals surface area contributed by atoms with E-state index in [0.717, 1.165) is 12.1 Å². The zero-order chi connectivity index (χ0) is 22.2. The molecule has 31 heavy (non-hydrogen) atoms. The molecule has 0 aliphatic heterocycles. The average molecular weight is 429 g/mol. The molecule has 0 saturated heterocycles. The van der Waals surface area contributed by atoms with Crippen molar-refractivity contribution in [1.82, 2.24) is 15.6 Å². The van der Waals surface area contributed by atoms with Crippen molar-refractivity contribution in [1.29, 1.82) is 0 Å². The average Bonchev–Trinajstić information content (AvgIpc) is 3.20. The van der Waals surface area contributed by atoms with E-state index >= 15 is 0 Å². The second-order valence-corrected chi connectivity index (χ2v) is 6.75. The van der Waals surface area contributed by atoms with Crippen LogP contribution in [0.5, 0.6) is 5.75 Å². The summed E-state index contributed by atoms with van der Waals surface area (Å²) in [5.41, 5.74) is 0.451. The van der Waals surface area contributed by atoms with Gasteiger partial charge in [-0.2, -0.15) is 0 Å². The number of aromatic nitrogens is 1. The van der Waals surface area contributed by atoms with Crippen LogP contribution in [0.3, 0.4) is 0 Å². The maximum Gasteiger partial charge on any atom is 0.251 e. The van der Waals surface area contributed by atoms with Crippen LogP contribution in [0, 0.1) is 11.6 Å². The van der Waals surface area contributed by atoms with Crippen molar-refractivity contribution in [2.45, 2.75) is 19.3 Å². The Hall–Kier alpha value is -3.75. The van der Waals surface area contributed by atoms with Gasteiger partial charge in [0.2, 0.25) is 5.91 Å². The zero-order valence-corrected chi connectivity index (χ0v) is 16.5. The van der Waals surface area contributed by atoms with E-state index in [4.69, 9.17) is 4.42 Å². The number of rotatable bonds is 9. The zero-order valence-electron chi connectivity index (χ0n) is 16.5. The number of hydrogen-bond acceptors (Lipinski definition) is 5. The standard InChI is InChI=1S/C22H21F2N3O4/c23-15-5-6-17(18(24)12-15)19-13-27-21(31-19)8-7-20(29)25-9-2-10-26-22(30)14-3-1-4-16(28)11-14/h1,3-6,11-13,28H,2,7-10H2,(H,25,29)(H,26,30). The highest BCUT2D eigenvalue weighted by molar-refractivity contribution is 5.94. The molecule has 2 amide bonds. The molecule has 1 heterocycles. The number of hydrogen-bond donors (Lipinski definition) is 3. The predicted octanol–water partition coefficient (Wildman–Crippen LogP) is 3.19. The fraction of sp³-hybridized carbons (Fsp3) is 0.227. The molecule has 0 saturated carbocycles. The van der Waals surface area contributed by atoms with Crippen LogP contribution < -0.4 is 10.6 Å². The van der Waals surface area contributed by atoms with Crippen molar-refractivity contribution >= 4 is 11.8 Å². The van der Waals surface area contributed by atoms with Crippen LogP contribution in [0.15, 0.2) is 53.1 Å². The Morgan fingerprint density at radius 2 is 1.87 bits per heavy atom. The molecule has 1 aromatic heterocycles. The molecule has 0 radical (unpaired) electrons. The molecule has 0 bridgehead atoms. The summed E-state index contributed by atoms with van der Waals surface area (Å²) in [6.45, 7) is 0.734. The summed E-state index contributed by atoms with van der Waals surface area (Å²) in [5, 5.41) is 14.8. The van der Waals surface area contributed by atoms with Crippen molar-refractivity contribution in [2.75, 3.05) is 13.1 Å². The molecule has 0 unspecified atom stereocenters. The van der Waals surface area contributed by atoms with Crippen molar-refractivity contribution in [3.8, 4) is 17.1 Å². The Balaban J connectivity index is 1.35. The maximum absolute atomic E-state index is 13.8. The molecular weight excluding hydrogens is 408 g/mol. The van der Waals surface area contributed by atoms with Crippen LogP contribution in [-0.4, -0.2) is 35.0 Å². The lowest BCUT2D eigenvalue weighted by molar-refractivity contribution is -0.121. The molecule has 0 spiro atoms. The molecule has 0 aliphatic rings. The van der Waals surface area contributed by atoms with Crippen LogP contribution in [0.25, 0.3) is 11.3 Å². The summed E-state index contributed by atoms with van der Waals surface area (Å²) < 4.78 is 32.2. The van der Waals surface area contributed by atoms with Crippen molar-refractivity contribution in [3.63, 3.8) is 0 Å². The second-order valence-electron chi connectivity index (χ2n) is 6.75. The lowest BCUT2D eigenvalue weighted by Gasteiger charge is -2.07. The number of phenolic OH excluding ortho intramolecular Hbond substituents is 1. The first-order chi connectivity index (χ1) is 14.9. The van der Waals surface area contributed by atoms with Gasteiger partial charge in [0, 0.05) is 37.6 Å². The Kier molecular flexibility index (Phi) is 7.31. The molecule has 0 aliphatic carbocycles. The second kappa shape index (κ2) is 10.3. The largest absolute Gasteiger partial charge is 0.508 e. The number of aryl methyl sites for hydroxylation is 1. The monoisotopic (exact) mass is 429 g/mol. The highest BCUT2D eigenvalue weighted by Crippen LogP contribution is 2.24. The minimum absolute atomic E-state index is 0.0147. The van der Waals surface area contributed by atoms with E-state index < -0.39 is 11.6 Å². The van der Waals surface area contributed by atoms with Gasteiger partial charge in [0.1, 0.15) is 17.4 Å². The van der Waals surface area contributed by atoms with E-state index in [-0.39, 0.29) is 47.6 Å². The number of oxazole rings is 1. The van der Waals surface area contributed by atoms with Gasteiger partial charge in [0.15, 0.2) is 11.7 Å². The lowest BCUT2D eigenvalue weighted by atomic mass is 10.2. The van der Waals surface area contributed by atoms with Gasteiger partial charge < -0.3 is 20.2 Å². The predicted molar refractivity (Wildman–Crippen MR) is 108 cm³/mol. The number of carbonyl (C=O) groups is 2. The fourth-order valence-corrected chi connectivity index (χ4v) is 2.82. The summed E-state index contributed by atoms with van der Waals surface area (Å²) in [7, 11) is 0. The number of benzene rings is 2. The first-order valence-corrected chi connectivity index (χ1v) is 9.66. The van der Waals surface area contributed by atoms with E-state index in [9.17, 15) is 23.5 Å². The van der Waals surface area contributed by atoms with Gasteiger partial charge in [0.25, 0.3) is 5.91 Å². The molecule has 7 nitrogen and oxygen atoms in total. The SMILES string of the molecule is O=C(CCc1ncc(-c2ccc(F)cc2F)o1)NCCCNC(=O)c1cccc(O)c1. The summed E-state index contributed by atoms with van der Waals surface area (Å²) in [4.78, 5) is 27.9. The lowest BCUT2D eigenvalue weighted by Crippen LogP contribution is -2.30. The normalized spacial score (nSPS) is 10.6. The van der Waals surface area contributed by atoms with E-state index in [1.54, 1.807) is 12.1 Å². The van der Waals surface area contributed by atoms with Crippen LogP contribution in [0.4, 0.5) is 8.78 Å². The molecule has 9 heteroatoms. The van der Waals surface area contributed by atoms with Gasteiger partial charge in [-0.25, -0.2) is 13.8 Å². The molecule has 2 aromatic carbocycles. The minimum Gasteiger partial charge on any atom is -0.508 e. The van der Waals surface area contributed by atoms with E-state index in [0.29, 0.717) is 25.1 Å². The summed E-state index contributed by atoms with van der Waals surface area (Å²) in [6.07, 6.45) is 2.21. The van der Waals surface area contributed by atoms with Gasteiger partial charge in [0.05, 0.1) is 11.8 Å². The van der Waals surface area contributed by atoms with E-state index in [1.807, 2.05) is 0 Å². The Morgan fingerprint density at radius 1 is 1.06 bits per heavy atom. The number of nitrogens with one attached hydrogen (secondary N) is 2. The van der Waals surface area contributed by atoms with Crippen molar-refractivity contribution < 1.29 is 27.9 Å². The van der Waals surface area contributed by atoms with Gasteiger partial charge >= 0.3 is 0 Å². The smallest absolute Gasteiger partial charge is 0.251 e. The molecular formula is C22H21F2N3O4. The summed E-state index contributed by atoms with van der Waals surface area (Å²) >= 11 is 0. The third-order valence-electron chi connectivity index (χ3n) is 4.39. The topological polar surface area (TPSA) is 104 Å². The van der Waals surface area contributed by atoms with Gasteiger partial charge in [-0.15, -0.1) is 0 Å². The van der Waals surface area contributed by atoms with E-state index in [2.05, 4.69) is 15.6 Å². The molecule has 0 atom stereocenters. The Morgan fingerprint density at radius 3 is 2.65 bits per heavy atom. The highest BCUT2D eigenvalue weighted by atomic mass is 19.1. The molecule has 0 fully saturated rings. The Labute approximate surface area is 177 Å². The Bertz CT molecular complexity index is 1070. The molecule has 162 valence electrons. The first-order valence-electron chi connectivity index (χ1n) is 9.66. The van der Waals surface area contributed by atoms with Crippen LogP contribution in [0.1, 0.15) is 29.1 Å². The van der Waals surface area contributed by atoms with E-state index in [1.165, 1.54) is 24.4 Å². The fourth-order valence-electron chi connectivity index (χ4n) is 2.82. The number of aromatic hydroxyl groups is 1. The molecule has 3 N–H and O–H groups in total. The maximum atomic E-state index is 13.8. The van der Waals surface area contributed by atoms with Crippen LogP contribution in [-0.2, 0) is 11.2 Å². The first kappa shape index (κ1) is 21.9. The van der Waals surface area contributed by atoms with Gasteiger partial charge in [-0.05, 0) is 36.8 Å². The van der Waals surface area contributed by atoms with Crippen molar-refractivity contribution in [2.24, 2.45) is 0 Å². The molecule has 3 aromatic rings. The molecule has 3 rings (SSSR count). The quantitative estimate of drug-likeness (QED) is 0.453. The minimum atomic E-state index is -0.753. The van der Waals surface area contributed by atoms with Crippen LogP contribution >= 0.6 is 0 Å². The van der Waals surface area contributed by atoms with Gasteiger partial charge in [-0.1, -0.05) is 6.07 Å². The third kappa shape index (κ3) is 6.36. The number of nitrogens with zero attached hydrogens (tertiary/aromatic N) is 1. The number of halogens is 2. The van der Waals surface area contributed by atoms with Gasteiger partial charge in [-0.3, -0.25) is 9.59 Å². The highest BCUT2D eigenvalue weighted by Gasteiger charge is 2.13. The number of phenols is 1. The number of amides is 2. The summed E-state index contributed by atoms with van der Waals surface area (Å²) in [6, 6.07) is 9.17. The van der Waals surface area contributed by atoms with Crippen molar-refractivity contribution in [3.05, 3.63) is 71.8 Å². The number of carbonyl (C=O) groups excluding carboxylic acids is 2. The third-order valence-corrected chi connectivity index (χ3v) is 4.39. The summed E-state index contributed by atoms with van der Waals surface area (Å²) in [5.74, 6) is -1.51. The van der Waals surface area contributed by atoms with Crippen LogP contribution in [0.2, 0.25) is 0 Å².